The summed E-state index contributed by atoms with van der Waals surface area (Å²) >= 11 is 0. The summed E-state index contributed by atoms with van der Waals surface area (Å²) in [7, 11) is 1.81. The van der Waals surface area contributed by atoms with Crippen molar-refractivity contribution in [1.82, 2.24) is 0 Å². The number of hydrogen-bond donors (Lipinski definition) is 0. The third kappa shape index (κ3) is 2.22. The molecule has 0 bridgehead atoms. The van der Waals surface area contributed by atoms with Gasteiger partial charge in [-0.2, -0.15) is 0 Å². The molecule has 74 valence electrons. The molecule has 0 radical (unpaired) electrons. The standard InChI is InChI=1S/C12H20O/c1-4-5-9-12(13-3)10-7-6-8-11(12)2/h6,8H,2,4-5,7,9-10H2,1,3H3. The zero-order valence-corrected chi connectivity index (χ0v) is 8.81. The van der Waals surface area contributed by atoms with Crippen molar-refractivity contribution in [2.45, 2.75) is 44.6 Å². The molecule has 0 aromatic carbocycles. The average molecular weight is 180 g/mol. The van der Waals surface area contributed by atoms with E-state index < -0.39 is 0 Å². The van der Waals surface area contributed by atoms with Gasteiger partial charge >= 0.3 is 0 Å². The molecule has 0 saturated carbocycles. The monoisotopic (exact) mass is 180 g/mol. The molecule has 1 aliphatic rings. The van der Waals surface area contributed by atoms with Gasteiger partial charge in [-0.25, -0.2) is 0 Å². The molecule has 1 aliphatic carbocycles. The first-order chi connectivity index (χ1) is 6.25. The fourth-order valence-corrected chi connectivity index (χ4v) is 1.94. The van der Waals surface area contributed by atoms with Gasteiger partial charge in [0.1, 0.15) is 0 Å². The smallest absolute Gasteiger partial charge is 0.0924 e. The molecule has 0 aliphatic heterocycles. The van der Waals surface area contributed by atoms with Crippen molar-refractivity contribution in [2.24, 2.45) is 0 Å². The quantitative estimate of drug-likeness (QED) is 0.643. The van der Waals surface area contributed by atoms with Gasteiger partial charge in [0, 0.05) is 7.11 Å². The molecular formula is C12H20O. The van der Waals surface area contributed by atoms with Gasteiger partial charge in [-0.15, -0.1) is 0 Å². The Morgan fingerprint density at radius 1 is 1.62 bits per heavy atom. The van der Waals surface area contributed by atoms with E-state index >= 15 is 0 Å². The lowest BCUT2D eigenvalue weighted by molar-refractivity contribution is 0.00759. The van der Waals surface area contributed by atoms with Crippen LogP contribution < -0.4 is 0 Å². The van der Waals surface area contributed by atoms with E-state index in [1.54, 1.807) is 7.11 Å². The van der Waals surface area contributed by atoms with Crippen LogP contribution in [0.2, 0.25) is 0 Å². The van der Waals surface area contributed by atoms with E-state index in [2.05, 4.69) is 25.7 Å². The number of methoxy groups -OCH3 is 1. The molecule has 1 heteroatoms. The predicted molar refractivity (Wildman–Crippen MR) is 56.8 cm³/mol. The molecule has 13 heavy (non-hydrogen) atoms. The van der Waals surface area contributed by atoms with Gasteiger partial charge in [0.05, 0.1) is 5.60 Å². The van der Waals surface area contributed by atoms with Crippen LogP contribution in [-0.4, -0.2) is 12.7 Å². The molecule has 0 aromatic rings. The number of rotatable bonds is 4. The van der Waals surface area contributed by atoms with E-state index in [1.807, 2.05) is 0 Å². The van der Waals surface area contributed by atoms with Crippen LogP contribution in [0.25, 0.3) is 0 Å². The zero-order chi connectivity index (χ0) is 9.73. The van der Waals surface area contributed by atoms with E-state index in [0.717, 1.165) is 24.8 Å². The highest BCUT2D eigenvalue weighted by atomic mass is 16.5. The zero-order valence-electron chi connectivity index (χ0n) is 8.81. The second-order valence-corrected chi connectivity index (χ2v) is 3.77. The number of hydrogen-bond acceptors (Lipinski definition) is 1. The minimum absolute atomic E-state index is 0.0508. The lowest BCUT2D eigenvalue weighted by atomic mass is 9.81. The summed E-state index contributed by atoms with van der Waals surface area (Å²) in [5, 5.41) is 0. The van der Waals surface area contributed by atoms with Gasteiger partial charge in [-0.05, 0) is 24.8 Å². The number of unbranched alkanes of at least 4 members (excludes halogenated alkanes) is 1. The lowest BCUT2D eigenvalue weighted by Crippen LogP contribution is -2.34. The van der Waals surface area contributed by atoms with E-state index in [4.69, 9.17) is 4.74 Å². The van der Waals surface area contributed by atoms with Crippen molar-refractivity contribution < 1.29 is 4.74 Å². The van der Waals surface area contributed by atoms with Crippen molar-refractivity contribution >= 4 is 0 Å². The van der Waals surface area contributed by atoms with E-state index in [-0.39, 0.29) is 5.60 Å². The van der Waals surface area contributed by atoms with Crippen molar-refractivity contribution in [3.63, 3.8) is 0 Å². The predicted octanol–water partition coefficient (Wildman–Crippen LogP) is 3.47. The molecule has 1 unspecified atom stereocenters. The topological polar surface area (TPSA) is 9.23 Å². The molecule has 0 aromatic heterocycles. The molecule has 0 spiro atoms. The normalized spacial score (nSPS) is 28.0. The Morgan fingerprint density at radius 3 is 2.92 bits per heavy atom. The van der Waals surface area contributed by atoms with Crippen molar-refractivity contribution in [2.75, 3.05) is 7.11 Å². The third-order valence-electron chi connectivity index (χ3n) is 2.94. The van der Waals surface area contributed by atoms with Crippen LogP contribution in [0.3, 0.4) is 0 Å². The minimum Gasteiger partial charge on any atom is -0.374 e. The Labute approximate surface area is 81.5 Å². The van der Waals surface area contributed by atoms with Gasteiger partial charge < -0.3 is 4.74 Å². The summed E-state index contributed by atoms with van der Waals surface area (Å²) in [4.78, 5) is 0. The summed E-state index contributed by atoms with van der Waals surface area (Å²) in [6.45, 7) is 6.29. The van der Waals surface area contributed by atoms with Gasteiger partial charge in [-0.1, -0.05) is 38.5 Å². The first-order valence-electron chi connectivity index (χ1n) is 5.16. The Balaban J connectivity index is 2.67. The Bertz CT molecular complexity index is 205. The summed E-state index contributed by atoms with van der Waals surface area (Å²) in [5.41, 5.74) is 1.10. The van der Waals surface area contributed by atoms with E-state index in [1.165, 1.54) is 12.8 Å². The maximum Gasteiger partial charge on any atom is 0.0924 e. The highest BCUT2D eigenvalue weighted by Crippen LogP contribution is 2.35. The highest BCUT2D eigenvalue weighted by molar-refractivity contribution is 5.29. The minimum atomic E-state index is -0.0508. The summed E-state index contributed by atoms with van der Waals surface area (Å²) < 4.78 is 5.64. The molecule has 1 nitrogen and oxygen atoms in total. The van der Waals surface area contributed by atoms with Crippen molar-refractivity contribution in [3.05, 3.63) is 24.3 Å². The highest BCUT2D eigenvalue weighted by Gasteiger charge is 2.32. The third-order valence-corrected chi connectivity index (χ3v) is 2.94. The van der Waals surface area contributed by atoms with Gasteiger partial charge in [-0.3, -0.25) is 0 Å². The SMILES string of the molecule is C=C1C=CCCC1(CCCC)OC. The molecule has 0 heterocycles. The van der Waals surface area contributed by atoms with Gasteiger partial charge in [0.25, 0.3) is 0 Å². The van der Waals surface area contributed by atoms with Crippen molar-refractivity contribution in [1.29, 1.82) is 0 Å². The summed E-state index contributed by atoms with van der Waals surface area (Å²) in [6.07, 6.45) is 10.1. The Hall–Kier alpha value is -0.560. The van der Waals surface area contributed by atoms with Crippen LogP contribution in [0.15, 0.2) is 24.3 Å². The Kier molecular flexibility index (Phi) is 3.73. The molecular weight excluding hydrogens is 160 g/mol. The van der Waals surface area contributed by atoms with Crippen LogP contribution in [0.4, 0.5) is 0 Å². The van der Waals surface area contributed by atoms with Crippen LogP contribution in [0.5, 0.6) is 0 Å². The lowest BCUT2D eigenvalue weighted by Gasteiger charge is -2.35. The van der Waals surface area contributed by atoms with Crippen LogP contribution >= 0.6 is 0 Å². The van der Waals surface area contributed by atoms with Crippen molar-refractivity contribution in [3.8, 4) is 0 Å². The van der Waals surface area contributed by atoms with E-state index in [9.17, 15) is 0 Å². The Morgan fingerprint density at radius 2 is 2.38 bits per heavy atom. The maximum absolute atomic E-state index is 5.64. The largest absolute Gasteiger partial charge is 0.374 e. The maximum atomic E-state index is 5.64. The number of allylic oxidation sites excluding steroid dienone is 1. The summed E-state index contributed by atoms with van der Waals surface area (Å²) in [6, 6.07) is 0. The molecule has 1 rings (SSSR count). The second kappa shape index (κ2) is 4.61. The first-order valence-corrected chi connectivity index (χ1v) is 5.16. The molecule has 0 fully saturated rings. The molecule has 0 amide bonds. The molecule has 0 saturated heterocycles. The average Bonchev–Trinajstić information content (AvgIpc) is 2.17. The molecule has 1 atom stereocenters. The van der Waals surface area contributed by atoms with Crippen LogP contribution in [0, 0.1) is 0 Å². The van der Waals surface area contributed by atoms with Crippen LogP contribution in [-0.2, 0) is 4.74 Å². The fourth-order valence-electron chi connectivity index (χ4n) is 1.94. The van der Waals surface area contributed by atoms with E-state index in [0.29, 0.717) is 0 Å². The summed E-state index contributed by atoms with van der Waals surface area (Å²) in [5.74, 6) is 0. The van der Waals surface area contributed by atoms with Gasteiger partial charge in [0.15, 0.2) is 0 Å². The van der Waals surface area contributed by atoms with Crippen LogP contribution in [0.1, 0.15) is 39.0 Å². The second-order valence-electron chi connectivity index (χ2n) is 3.77. The first kappa shape index (κ1) is 10.5. The molecule has 0 N–H and O–H groups in total. The fraction of sp³-hybridized carbons (Fsp3) is 0.667. The van der Waals surface area contributed by atoms with Gasteiger partial charge in [0.2, 0.25) is 0 Å². The number of ether oxygens (including phenoxy) is 1.